The van der Waals surface area contributed by atoms with Crippen molar-refractivity contribution in [3.05, 3.63) is 89.5 Å². The molecule has 1 aliphatic rings. The molecule has 13 heteroatoms. The van der Waals surface area contributed by atoms with E-state index in [1.165, 1.54) is 6.92 Å². The number of esters is 4. The third kappa shape index (κ3) is 11.2. The van der Waals surface area contributed by atoms with E-state index in [0.29, 0.717) is 16.9 Å². The van der Waals surface area contributed by atoms with Crippen molar-refractivity contribution in [3.8, 4) is 29.4 Å². The molecule has 0 saturated carbocycles. The zero-order chi connectivity index (χ0) is 35.2. The van der Waals surface area contributed by atoms with Crippen LogP contribution in [0.4, 0.5) is 0 Å². The highest BCUT2D eigenvalue weighted by Gasteiger charge is 2.52. The van der Waals surface area contributed by atoms with Gasteiger partial charge in [-0.05, 0) is 36.4 Å². The Morgan fingerprint density at radius 3 is 1.67 bits per heavy atom. The topological polar surface area (TPSA) is 159 Å². The Morgan fingerprint density at radius 2 is 1.16 bits per heavy atom. The number of aromatic nitrogens is 2. The highest BCUT2D eigenvalue weighted by Crippen LogP contribution is 2.30. The molecule has 1 saturated heterocycles. The fourth-order valence-electron chi connectivity index (χ4n) is 4.67. The summed E-state index contributed by atoms with van der Waals surface area (Å²) < 4.78 is 39.6. The van der Waals surface area contributed by atoms with E-state index in [2.05, 4.69) is 33.6 Å². The molecule has 0 spiro atoms. The standard InChI is InChI=1S/C36H34N2O11/c1-23(39)45-22-31-33(46-24(2)40)34(47-25(3)41)35(48-26(4)42)36(49-31)44-21-20-43-32-29(10-8-27-12-16-37-17-13-27)6-5-7-30(32)11-9-28-14-18-38-19-15-28/h5-7,12-19,31,33-36H,20-22H2,1-4H3/t31-,33-,34+,35-,36-/m1/s1. The van der Waals surface area contributed by atoms with Crippen LogP contribution < -0.4 is 4.74 Å². The molecule has 3 heterocycles. The van der Waals surface area contributed by atoms with Crippen molar-refractivity contribution in [2.24, 2.45) is 0 Å². The largest absolute Gasteiger partial charge is 0.489 e. The van der Waals surface area contributed by atoms with Gasteiger partial charge in [0.2, 0.25) is 0 Å². The van der Waals surface area contributed by atoms with Crippen molar-refractivity contribution < 1.29 is 52.3 Å². The Kier molecular flexibility index (Phi) is 13.2. The lowest BCUT2D eigenvalue weighted by Gasteiger charge is -2.44. The van der Waals surface area contributed by atoms with E-state index >= 15 is 0 Å². The van der Waals surface area contributed by atoms with Gasteiger partial charge in [-0.2, -0.15) is 0 Å². The predicted molar refractivity (Wildman–Crippen MR) is 170 cm³/mol. The minimum atomic E-state index is -1.36. The number of hydrogen-bond donors (Lipinski definition) is 0. The first-order valence-corrected chi connectivity index (χ1v) is 15.1. The average molecular weight is 671 g/mol. The van der Waals surface area contributed by atoms with Gasteiger partial charge in [-0.1, -0.05) is 29.7 Å². The molecule has 0 bridgehead atoms. The lowest BCUT2D eigenvalue weighted by atomic mass is 9.98. The fraction of sp³-hybridized carbons (Fsp3) is 0.333. The fourth-order valence-corrected chi connectivity index (χ4v) is 4.67. The van der Waals surface area contributed by atoms with E-state index in [1.54, 1.807) is 61.2 Å². The molecule has 13 nitrogen and oxygen atoms in total. The van der Waals surface area contributed by atoms with Crippen LogP contribution in [-0.4, -0.2) is 84.4 Å². The monoisotopic (exact) mass is 670 g/mol. The Bertz CT molecular complexity index is 1670. The summed E-state index contributed by atoms with van der Waals surface area (Å²) >= 11 is 0. The SMILES string of the molecule is CC(=O)OC[C@H]1O[C@@H](OCCOc2c(C#Cc3ccncc3)cccc2C#Cc2ccncc2)[C@H](OC(C)=O)[C@@H](OC(C)=O)[C@@H]1OC(C)=O. The Hall–Kier alpha value is -5.76. The van der Waals surface area contributed by atoms with Crippen molar-refractivity contribution in [3.63, 3.8) is 0 Å². The van der Waals surface area contributed by atoms with E-state index in [-0.39, 0.29) is 19.8 Å². The first kappa shape index (κ1) is 36.1. The van der Waals surface area contributed by atoms with Crippen LogP contribution in [0, 0.1) is 23.7 Å². The van der Waals surface area contributed by atoms with Crippen molar-refractivity contribution in [1.29, 1.82) is 0 Å². The second kappa shape index (κ2) is 18.0. The van der Waals surface area contributed by atoms with Crippen LogP contribution in [0.5, 0.6) is 5.75 Å². The van der Waals surface area contributed by atoms with Gasteiger partial charge in [-0.25, -0.2) is 0 Å². The van der Waals surface area contributed by atoms with Gasteiger partial charge in [0.25, 0.3) is 0 Å². The minimum Gasteiger partial charge on any atom is -0.489 e. The summed E-state index contributed by atoms with van der Waals surface area (Å²) in [6.07, 6.45) is 0.0575. The smallest absolute Gasteiger partial charge is 0.303 e. The maximum Gasteiger partial charge on any atom is 0.303 e. The van der Waals surface area contributed by atoms with Gasteiger partial charge in [0.1, 0.15) is 19.3 Å². The third-order valence-electron chi connectivity index (χ3n) is 6.62. The number of rotatable bonds is 10. The highest BCUT2D eigenvalue weighted by molar-refractivity contribution is 5.69. The maximum atomic E-state index is 12.1. The number of hydrogen-bond acceptors (Lipinski definition) is 13. The quantitative estimate of drug-likeness (QED) is 0.134. The molecular formula is C36H34N2O11. The molecule has 0 amide bonds. The molecule has 1 fully saturated rings. The molecule has 1 aliphatic heterocycles. The molecule has 254 valence electrons. The van der Waals surface area contributed by atoms with Gasteiger partial charge in [0, 0.05) is 63.6 Å². The summed E-state index contributed by atoms with van der Waals surface area (Å²) in [5.41, 5.74) is 2.62. The van der Waals surface area contributed by atoms with Crippen molar-refractivity contribution in [1.82, 2.24) is 9.97 Å². The molecule has 1 aromatic carbocycles. The number of para-hydroxylation sites is 1. The number of nitrogens with zero attached hydrogens (tertiary/aromatic N) is 2. The second-order valence-corrected chi connectivity index (χ2v) is 10.4. The number of benzene rings is 1. The summed E-state index contributed by atoms with van der Waals surface area (Å²) in [5, 5.41) is 0. The number of pyridine rings is 2. The summed E-state index contributed by atoms with van der Waals surface area (Å²) in [5.74, 6) is 9.98. The van der Waals surface area contributed by atoms with Crippen LogP contribution in [-0.2, 0) is 47.6 Å². The predicted octanol–water partition coefficient (Wildman–Crippen LogP) is 2.75. The lowest BCUT2D eigenvalue weighted by Crippen LogP contribution is -2.63. The van der Waals surface area contributed by atoms with Crippen LogP contribution in [0.2, 0.25) is 0 Å². The summed E-state index contributed by atoms with van der Waals surface area (Å²) in [6.45, 7) is 4.06. The Morgan fingerprint density at radius 1 is 0.653 bits per heavy atom. The summed E-state index contributed by atoms with van der Waals surface area (Å²) in [7, 11) is 0. The first-order valence-electron chi connectivity index (χ1n) is 15.1. The average Bonchev–Trinajstić information content (AvgIpc) is 3.07. The van der Waals surface area contributed by atoms with Gasteiger partial charge in [0.05, 0.1) is 17.7 Å². The summed E-state index contributed by atoms with van der Waals surface area (Å²) in [4.78, 5) is 55.9. The van der Waals surface area contributed by atoms with Crippen LogP contribution >= 0.6 is 0 Å². The molecule has 0 N–H and O–H groups in total. The Labute approximate surface area is 283 Å². The van der Waals surface area contributed by atoms with Gasteiger partial charge in [0.15, 0.2) is 30.4 Å². The first-order chi connectivity index (χ1) is 23.6. The van der Waals surface area contributed by atoms with Crippen LogP contribution in [0.3, 0.4) is 0 Å². The molecule has 2 aromatic heterocycles. The maximum absolute atomic E-state index is 12.1. The molecule has 0 unspecified atom stereocenters. The minimum absolute atomic E-state index is 0.0508. The zero-order valence-electron chi connectivity index (χ0n) is 27.2. The number of carbonyl (C=O) groups is 4. The van der Waals surface area contributed by atoms with Crippen molar-refractivity contribution in [2.45, 2.75) is 58.4 Å². The van der Waals surface area contributed by atoms with E-state index in [9.17, 15) is 19.2 Å². The Balaban J connectivity index is 1.59. The molecule has 5 atom stereocenters. The number of carbonyl (C=O) groups excluding carboxylic acids is 4. The normalized spacial score (nSPS) is 19.5. The van der Waals surface area contributed by atoms with Crippen LogP contribution in [0.25, 0.3) is 0 Å². The van der Waals surface area contributed by atoms with Crippen molar-refractivity contribution in [2.75, 3.05) is 19.8 Å². The summed E-state index contributed by atoms with van der Waals surface area (Å²) in [6, 6.07) is 12.5. The molecule has 0 aliphatic carbocycles. The molecule has 0 radical (unpaired) electrons. The van der Waals surface area contributed by atoms with Crippen LogP contribution in [0.1, 0.15) is 49.9 Å². The van der Waals surface area contributed by atoms with Gasteiger partial charge >= 0.3 is 23.9 Å². The van der Waals surface area contributed by atoms with Crippen LogP contribution in [0.15, 0.2) is 67.3 Å². The third-order valence-corrected chi connectivity index (χ3v) is 6.62. The van der Waals surface area contributed by atoms with Gasteiger partial charge in [-0.15, -0.1) is 0 Å². The molecular weight excluding hydrogens is 636 g/mol. The van der Waals surface area contributed by atoms with Gasteiger partial charge in [-0.3, -0.25) is 29.1 Å². The second-order valence-electron chi connectivity index (χ2n) is 10.4. The molecule has 3 aromatic rings. The molecule has 49 heavy (non-hydrogen) atoms. The van der Waals surface area contributed by atoms with Gasteiger partial charge < -0.3 is 33.2 Å². The van der Waals surface area contributed by atoms with E-state index in [4.69, 9.17) is 33.2 Å². The molecule has 4 rings (SSSR count). The van der Waals surface area contributed by atoms with Crippen molar-refractivity contribution >= 4 is 23.9 Å². The highest BCUT2D eigenvalue weighted by atomic mass is 16.7. The van der Waals surface area contributed by atoms with E-state index in [0.717, 1.165) is 31.9 Å². The lowest BCUT2D eigenvalue weighted by molar-refractivity contribution is -0.308. The van der Waals surface area contributed by atoms with E-state index < -0.39 is 54.6 Å². The number of ether oxygens (including phenoxy) is 7. The van der Waals surface area contributed by atoms with E-state index in [1.807, 2.05) is 6.07 Å². The zero-order valence-corrected chi connectivity index (χ0v) is 27.2.